The van der Waals surface area contributed by atoms with E-state index in [1.54, 1.807) is 0 Å². The number of carbonyl (C=O) groups is 1. The van der Waals surface area contributed by atoms with Crippen molar-refractivity contribution in [1.29, 1.82) is 5.41 Å². The standard InChI is InChI=1S/C16H17N3O/c17-16(18)19-15(20)14(13-9-5-2-6-10-13)11-12-7-3-1-4-8-12/h1-10,14H,11H2,(H4,17,18,19,20). The number of guanidine groups is 1. The first kappa shape index (κ1) is 13.8. The van der Waals surface area contributed by atoms with Gasteiger partial charge in [0.05, 0.1) is 5.92 Å². The fourth-order valence-electron chi connectivity index (χ4n) is 2.12. The van der Waals surface area contributed by atoms with E-state index in [0.717, 1.165) is 11.1 Å². The van der Waals surface area contributed by atoms with Gasteiger partial charge in [-0.05, 0) is 17.5 Å². The lowest BCUT2D eigenvalue weighted by atomic mass is 9.91. The highest BCUT2D eigenvalue weighted by Crippen LogP contribution is 2.21. The SMILES string of the molecule is N=C(N)NC(=O)C(Cc1ccccc1)c1ccccc1. The molecule has 0 heterocycles. The Labute approximate surface area is 118 Å². The molecule has 0 saturated heterocycles. The second-order valence-corrected chi connectivity index (χ2v) is 4.56. The lowest BCUT2D eigenvalue weighted by Crippen LogP contribution is -2.39. The lowest BCUT2D eigenvalue weighted by molar-refractivity contribution is -0.121. The molecule has 0 fully saturated rings. The number of nitrogens with one attached hydrogen (secondary N) is 2. The van der Waals surface area contributed by atoms with Gasteiger partial charge in [0, 0.05) is 0 Å². The smallest absolute Gasteiger partial charge is 0.234 e. The van der Waals surface area contributed by atoms with Crippen LogP contribution in [0, 0.1) is 5.41 Å². The molecule has 4 heteroatoms. The molecule has 0 aromatic heterocycles. The number of nitrogens with two attached hydrogens (primary N) is 1. The van der Waals surface area contributed by atoms with Crippen LogP contribution in [0.15, 0.2) is 60.7 Å². The molecule has 1 amide bonds. The van der Waals surface area contributed by atoms with Gasteiger partial charge in [-0.15, -0.1) is 0 Å². The lowest BCUT2D eigenvalue weighted by Gasteiger charge is -2.16. The molecule has 102 valence electrons. The Morgan fingerprint density at radius 3 is 2.15 bits per heavy atom. The van der Waals surface area contributed by atoms with E-state index in [-0.39, 0.29) is 17.8 Å². The van der Waals surface area contributed by atoms with Gasteiger partial charge in [0.1, 0.15) is 0 Å². The maximum atomic E-state index is 12.2. The van der Waals surface area contributed by atoms with Gasteiger partial charge in [-0.25, -0.2) is 0 Å². The summed E-state index contributed by atoms with van der Waals surface area (Å²) in [5.41, 5.74) is 7.24. The summed E-state index contributed by atoms with van der Waals surface area (Å²) in [6, 6.07) is 19.3. The van der Waals surface area contributed by atoms with Crippen LogP contribution in [0.2, 0.25) is 0 Å². The van der Waals surface area contributed by atoms with Crippen LogP contribution in [0.25, 0.3) is 0 Å². The summed E-state index contributed by atoms with van der Waals surface area (Å²) in [6.07, 6.45) is 0.573. The van der Waals surface area contributed by atoms with Crippen LogP contribution in [-0.2, 0) is 11.2 Å². The molecule has 4 nitrogen and oxygen atoms in total. The number of carbonyl (C=O) groups excluding carboxylic acids is 1. The molecule has 0 aliphatic carbocycles. The summed E-state index contributed by atoms with van der Waals surface area (Å²) < 4.78 is 0. The van der Waals surface area contributed by atoms with Crippen LogP contribution < -0.4 is 11.1 Å². The summed E-state index contributed by atoms with van der Waals surface area (Å²) in [5, 5.41) is 9.59. The quantitative estimate of drug-likeness (QED) is 0.585. The minimum Gasteiger partial charge on any atom is -0.370 e. The predicted octanol–water partition coefficient (Wildman–Crippen LogP) is 2.02. The molecule has 0 bridgehead atoms. The predicted molar refractivity (Wildman–Crippen MR) is 79.4 cm³/mol. The van der Waals surface area contributed by atoms with Crippen molar-refractivity contribution in [3.05, 3.63) is 71.8 Å². The molecule has 1 unspecified atom stereocenters. The van der Waals surface area contributed by atoms with Crippen LogP contribution in [0.4, 0.5) is 0 Å². The highest BCUT2D eigenvalue weighted by atomic mass is 16.2. The van der Waals surface area contributed by atoms with E-state index >= 15 is 0 Å². The zero-order valence-corrected chi connectivity index (χ0v) is 11.0. The van der Waals surface area contributed by atoms with E-state index in [2.05, 4.69) is 5.32 Å². The zero-order chi connectivity index (χ0) is 14.4. The Kier molecular flexibility index (Phi) is 4.50. The van der Waals surface area contributed by atoms with Crippen LogP contribution >= 0.6 is 0 Å². The fraction of sp³-hybridized carbons (Fsp3) is 0.125. The third kappa shape index (κ3) is 3.68. The highest BCUT2D eigenvalue weighted by Gasteiger charge is 2.21. The number of hydrogen-bond donors (Lipinski definition) is 3. The largest absolute Gasteiger partial charge is 0.370 e. The minimum absolute atomic E-state index is 0.257. The Morgan fingerprint density at radius 1 is 1.05 bits per heavy atom. The summed E-state index contributed by atoms with van der Waals surface area (Å²) in [6.45, 7) is 0. The summed E-state index contributed by atoms with van der Waals surface area (Å²) in [7, 11) is 0. The summed E-state index contributed by atoms with van der Waals surface area (Å²) in [4.78, 5) is 12.2. The van der Waals surface area contributed by atoms with Crippen LogP contribution in [0.3, 0.4) is 0 Å². The molecule has 0 radical (unpaired) electrons. The number of hydrogen-bond acceptors (Lipinski definition) is 2. The zero-order valence-electron chi connectivity index (χ0n) is 11.0. The maximum Gasteiger partial charge on any atom is 0.234 e. The topological polar surface area (TPSA) is 79.0 Å². The Hall–Kier alpha value is -2.62. The number of rotatable bonds is 4. The molecule has 2 aromatic rings. The summed E-state index contributed by atoms with van der Waals surface area (Å²) >= 11 is 0. The van der Waals surface area contributed by atoms with E-state index < -0.39 is 0 Å². The van der Waals surface area contributed by atoms with Gasteiger partial charge in [0.25, 0.3) is 0 Å². The van der Waals surface area contributed by atoms with E-state index in [1.807, 2.05) is 60.7 Å². The third-order valence-electron chi connectivity index (χ3n) is 3.06. The molecular formula is C16H17N3O. The maximum absolute atomic E-state index is 12.2. The molecule has 0 saturated carbocycles. The van der Waals surface area contributed by atoms with E-state index in [4.69, 9.17) is 11.1 Å². The van der Waals surface area contributed by atoms with Crippen molar-refractivity contribution in [2.75, 3.05) is 0 Å². The van der Waals surface area contributed by atoms with Gasteiger partial charge in [0.2, 0.25) is 5.91 Å². The molecule has 20 heavy (non-hydrogen) atoms. The van der Waals surface area contributed by atoms with Gasteiger partial charge >= 0.3 is 0 Å². The molecule has 1 atom stereocenters. The van der Waals surface area contributed by atoms with Gasteiger partial charge in [-0.3, -0.25) is 15.5 Å². The Morgan fingerprint density at radius 2 is 1.60 bits per heavy atom. The van der Waals surface area contributed by atoms with E-state index in [9.17, 15) is 4.79 Å². The first-order valence-corrected chi connectivity index (χ1v) is 6.40. The van der Waals surface area contributed by atoms with Crippen LogP contribution in [0.1, 0.15) is 17.0 Å². The van der Waals surface area contributed by atoms with E-state index in [0.29, 0.717) is 6.42 Å². The van der Waals surface area contributed by atoms with Gasteiger partial charge in [-0.1, -0.05) is 60.7 Å². The van der Waals surface area contributed by atoms with Crippen molar-refractivity contribution in [3.8, 4) is 0 Å². The highest BCUT2D eigenvalue weighted by molar-refractivity contribution is 5.98. The van der Waals surface area contributed by atoms with Gasteiger partial charge in [-0.2, -0.15) is 0 Å². The molecule has 2 rings (SSSR count). The average molecular weight is 267 g/mol. The van der Waals surface area contributed by atoms with Crippen molar-refractivity contribution < 1.29 is 4.79 Å². The molecular weight excluding hydrogens is 250 g/mol. The van der Waals surface area contributed by atoms with Crippen molar-refractivity contribution in [3.63, 3.8) is 0 Å². The molecule has 0 spiro atoms. The van der Waals surface area contributed by atoms with Crippen molar-refractivity contribution in [2.45, 2.75) is 12.3 Å². The first-order chi connectivity index (χ1) is 9.66. The normalized spacial score (nSPS) is 11.6. The van der Waals surface area contributed by atoms with Crippen LogP contribution in [0.5, 0.6) is 0 Å². The average Bonchev–Trinajstić information content (AvgIpc) is 2.46. The number of benzene rings is 2. The van der Waals surface area contributed by atoms with Crippen LogP contribution in [-0.4, -0.2) is 11.9 Å². The van der Waals surface area contributed by atoms with Gasteiger partial charge < -0.3 is 5.73 Å². The molecule has 4 N–H and O–H groups in total. The van der Waals surface area contributed by atoms with Gasteiger partial charge in [0.15, 0.2) is 5.96 Å². The minimum atomic E-state index is -0.359. The van der Waals surface area contributed by atoms with E-state index in [1.165, 1.54) is 0 Å². The second-order valence-electron chi connectivity index (χ2n) is 4.56. The Balaban J connectivity index is 2.25. The molecule has 2 aromatic carbocycles. The van der Waals surface area contributed by atoms with Crippen molar-refractivity contribution >= 4 is 11.9 Å². The number of amides is 1. The first-order valence-electron chi connectivity index (χ1n) is 6.40. The fourth-order valence-corrected chi connectivity index (χ4v) is 2.12. The summed E-state index contributed by atoms with van der Waals surface area (Å²) in [5.74, 6) is -0.945. The second kappa shape index (κ2) is 6.52. The Bertz CT molecular complexity index is 581. The monoisotopic (exact) mass is 267 g/mol. The molecule has 0 aliphatic heterocycles. The van der Waals surface area contributed by atoms with Crippen molar-refractivity contribution in [1.82, 2.24) is 5.32 Å². The third-order valence-corrected chi connectivity index (χ3v) is 3.06. The van der Waals surface area contributed by atoms with Crippen molar-refractivity contribution in [2.24, 2.45) is 5.73 Å². The molecule has 0 aliphatic rings.